The molecule has 0 bridgehead atoms. The van der Waals surface area contributed by atoms with E-state index in [1.807, 2.05) is 4.90 Å². The van der Waals surface area contributed by atoms with Crippen molar-refractivity contribution in [2.45, 2.75) is 117 Å². The summed E-state index contributed by atoms with van der Waals surface area (Å²) < 4.78 is 0. The number of likely N-dealkylation sites (tertiary alicyclic amines) is 2. The molecular weight excluding hydrogens is 332 g/mol. The maximum Gasteiger partial charge on any atom is 0.222 e. The molecule has 2 aliphatic rings. The molecule has 3 nitrogen and oxygen atoms in total. The number of piperidine rings is 1. The van der Waals surface area contributed by atoms with Crippen LogP contribution in [-0.2, 0) is 4.79 Å². The zero-order chi connectivity index (χ0) is 19.9. The highest BCUT2D eigenvalue weighted by molar-refractivity contribution is 5.76. The van der Waals surface area contributed by atoms with E-state index in [1.165, 1.54) is 83.7 Å². The predicted octanol–water partition coefficient (Wildman–Crippen LogP) is 6.27. The second kappa shape index (κ2) is 15.4. The van der Waals surface area contributed by atoms with E-state index in [4.69, 9.17) is 0 Å². The minimum absolute atomic E-state index is 0.370. The summed E-state index contributed by atoms with van der Waals surface area (Å²) in [6.45, 7) is 13.8. The van der Waals surface area contributed by atoms with Gasteiger partial charge in [-0.1, -0.05) is 65.7 Å². The number of hydrogen-bond acceptors (Lipinski definition) is 2. The molecule has 2 rings (SSSR count). The molecule has 0 aromatic rings. The topological polar surface area (TPSA) is 23.6 Å². The Bertz CT molecular complexity index is 371. The van der Waals surface area contributed by atoms with Crippen LogP contribution in [0.3, 0.4) is 0 Å². The third kappa shape index (κ3) is 11.1. The first-order chi connectivity index (χ1) is 13.1. The molecule has 2 fully saturated rings. The van der Waals surface area contributed by atoms with Crippen LogP contribution in [0.1, 0.15) is 111 Å². The molecule has 2 aliphatic heterocycles. The van der Waals surface area contributed by atoms with E-state index in [0.29, 0.717) is 11.8 Å². The molecule has 2 atom stereocenters. The number of carbonyl (C=O) groups excluding carboxylic acids is 1. The first kappa shape index (κ1) is 24.5. The van der Waals surface area contributed by atoms with Gasteiger partial charge in [-0.05, 0) is 58.0 Å². The lowest BCUT2D eigenvalue weighted by Crippen LogP contribution is -2.39. The van der Waals surface area contributed by atoms with Crippen LogP contribution >= 0.6 is 0 Å². The van der Waals surface area contributed by atoms with Gasteiger partial charge >= 0.3 is 0 Å². The summed E-state index contributed by atoms with van der Waals surface area (Å²) in [4.78, 5) is 16.2. The van der Waals surface area contributed by atoms with Gasteiger partial charge in [0.15, 0.2) is 0 Å². The molecule has 3 heteroatoms. The summed E-state index contributed by atoms with van der Waals surface area (Å²) >= 11 is 0. The van der Waals surface area contributed by atoms with Crippen molar-refractivity contribution in [2.24, 2.45) is 5.92 Å². The molecule has 0 aliphatic carbocycles. The van der Waals surface area contributed by atoms with Crippen LogP contribution in [0.2, 0.25) is 0 Å². The number of rotatable bonds is 11. The first-order valence-electron chi connectivity index (χ1n) is 12.1. The van der Waals surface area contributed by atoms with Crippen LogP contribution < -0.4 is 0 Å². The standard InChI is InChI=1S/C13H27N.C11H21NO/c1-3-4-5-6-7-8-11-14-12-9-10-13(14)2;1-3-4-5-8-12-9-10(2)6-7-11(12)13/h13H,3-12H2,1-2H3;10H,3-9H2,1-2H3. The van der Waals surface area contributed by atoms with Gasteiger partial charge in [-0.25, -0.2) is 0 Å². The fourth-order valence-corrected chi connectivity index (χ4v) is 4.29. The van der Waals surface area contributed by atoms with Gasteiger partial charge in [0.2, 0.25) is 5.91 Å². The van der Waals surface area contributed by atoms with E-state index in [9.17, 15) is 4.79 Å². The highest BCUT2D eigenvalue weighted by atomic mass is 16.2. The highest BCUT2D eigenvalue weighted by Crippen LogP contribution is 2.18. The molecule has 2 saturated heterocycles. The van der Waals surface area contributed by atoms with E-state index in [2.05, 4.69) is 32.6 Å². The van der Waals surface area contributed by atoms with E-state index in [1.54, 1.807) is 0 Å². The molecule has 160 valence electrons. The fraction of sp³-hybridized carbons (Fsp3) is 0.958. The van der Waals surface area contributed by atoms with Gasteiger partial charge in [0.25, 0.3) is 0 Å². The van der Waals surface area contributed by atoms with E-state index >= 15 is 0 Å². The Balaban J connectivity index is 0.000000271. The molecule has 2 heterocycles. The third-order valence-corrected chi connectivity index (χ3v) is 6.26. The third-order valence-electron chi connectivity index (χ3n) is 6.26. The Hall–Kier alpha value is -0.570. The average Bonchev–Trinajstić information content (AvgIpc) is 3.07. The van der Waals surface area contributed by atoms with Crippen molar-refractivity contribution < 1.29 is 4.79 Å². The molecule has 0 radical (unpaired) electrons. The summed E-state index contributed by atoms with van der Waals surface area (Å²) in [5.74, 6) is 1.08. The summed E-state index contributed by atoms with van der Waals surface area (Å²) in [5, 5.41) is 0. The Morgan fingerprint density at radius 1 is 0.852 bits per heavy atom. The monoisotopic (exact) mass is 380 g/mol. The van der Waals surface area contributed by atoms with Crippen LogP contribution in [0, 0.1) is 5.92 Å². The normalized spacial score (nSPS) is 23.4. The van der Waals surface area contributed by atoms with Gasteiger partial charge in [0.05, 0.1) is 0 Å². The summed E-state index contributed by atoms with van der Waals surface area (Å²) in [5.41, 5.74) is 0. The number of amides is 1. The van der Waals surface area contributed by atoms with Gasteiger partial charge in [-0.2, -0.15) is 0 Å². The fourth-order valence-electron chi connectivity index (χ4n) is 4.29. The second-order valence-corrected chi connectivity index (χ2v) is 8.99. The Labute approximate surface area is 170 Å². The lowest BCUT2D eigenvalue weighted by Gasteiger charge is -2.30. The molecule has 0 spiro atoms. The zero-order valence-electron chi connectivity index (χ0n) is 19.0. The van der Waals surface area contributed by atoms with Gasteiger partial charge in [0.1, 0.15) is 0 Å². The van der Waals surface area contributed by atoms with Gasteiger partial charge in [-0.3, -0.25) is 4.79 Å². The average molecular weight is 381 g/mol. The minimum atomic E-state index is 0.370. The van der Waals surface area contributed by atoms with Crippen molar-refractivity contribution in [3.8, 4) is 0 Å². The Kier molecular flexibility index (Phi) is 13.9. The molecule has 1 amide bonds. The van der Waals surface area contributed by atoms with Crippen molar-refractivity contribution in [3.63, 3.8) is 0 Å². The van der Waals surface area contributed by atoms with Crippen molar-refractivity contribution in [1.82, 2.24) is 9.80 Å². The lowest BCUT2D eigenvalue weighted by molar-refractivity contribution is -0.134. The SMILES string of the molecule is CCCCCCCCN1CCCC1C.CCCCCN1CC(C)CCC1=O. The van der Waals surface area contributed by atoms with Crippen LogP contribution in [0.15, 0.2) is 0 Å². The molecule has 27 heavy (non-hydrogen) atoms. The largest absolute Gasteiger partial charge is 0.342 e. The van der Waals surface area contributed by atoms with Gasteiger partial charge < -0.3 is 9.80 Å². The van der Waals surface area contributed by atoms with Gasteiger partial charge in [0, 0.05) is 25.6 Å². The number of hydrogen-bond donors (Lipinski definition) is 0. The smallest absolute Gasteiger partial charge is 0.222 e. The summed E-state index contributed by atoms with van der Waals surface area (Å²) in [7, 11) is 0. The number of carbonyl (C=O) groups is 1. The van der Waals surface area contributed by atoms with Gasteiger partial charge in [-0.15, -0.1) is 0 Å². The van der Waals surface area contributed by atoms with E-state index in [0.717, 1.165) is 32.0 Å². The molecule has 0 saturated carbocycles. The van der Waals surface area contributed by atoms with Crippen molar-refractivity contribution in [2.75, 3.05) is 26.2 Å². The summed E-state index contributed by atoms with van der Waals surface area (Å²) in [6, 6.07) is 0.866. The molecule has 0 aromatic heterocycles. The zero-order valence-corrected chi connectivity index (χ0v) is 19.0. The highest BCUT2D eigenvalue weighted by Gasteiger charge is 2.21. The van der Waals surface area contributed by atoms with E-state index < -0.39 is 0 Å². The van der Waals surface area contributed by atoms with Crippen molar-refractivity contribution in [3.05, 3.63) is 0 Å². The van der Waals surface area contributed by atoms with Crippen LogP contribution in [0.25, 0.3) is 0 Å². The van der Waals surface area contributed by atoms with Crippen molar-refractivity contribution >= 4 is 5.91 Å². The van der Waals surface area contributed by atoms with Crippen LogP contribution in [0.4, 0.5) is 0 Å². The first-order valence-corrected chi connectivity index (χ1v) is 12.1. The lowest BCUT2D eigenvalue weighted by atomic mass is 9.99. The van der Waals surface area contributed by atoms with Crippen LogP contribution in [-0.4, -0.2) is 47.9 Å². The predicted molar refractivity (Wildman–Crippen MR) is 118 cm³/mol. The molecule has 2 unspecified atom stereocenters. The minimum Gasteiger partial charge on any atom is -0.342 e. The molecule has 0 N–H and O–H groups in total. The Morgan fingerprint density at radius 2 is 1.48 bits per heavy atom. The molecular formula is C24H48N2O. The quantitative estimate of drug-likeness (QED) is 0.395. The Morgan fingerprint density at radius 3 is 2.15 bits per heavy atom. The van der Waals surface area contributed by atoms with Crippen molar-refractivity contribution in [1.29, 1.82) is 0 Å². The van der Waals surface area contributed by atoms with E-state index in [-0.39, 0.29) is 0 Å². The van der Waals surface area contributed by atoms with Crippen LogP contribution in [0.5, 0.6) is 0 Å². The maximum absolute atomic E-state index is 11.5. The molecule has 0 aromatic carbocycles. The number of nitrogens with zero attached hydrogens (tertiary/aromatic N) is 2. The maximum atomic E-state index is 11.5. The second-order valence-electron chi connectivity index (χ2n) is 8.99. The number of unbranched alkanes of at least 4 members (excludes halogenated alkanes) is 7. The summed E-state index contributed by atoms with van der Waals surface area (Å²) in [6.07, 6.45) is 16.9.